The Balaban J connectivity index is 1.96. The van der Waals surface area contributed by atoms with Gasteiger partial charge >= 0.3 is 6.18 Å². The number of fused-ring (bicyclic) bond motifs is 1. The molecule has 21 heavy (non-hydrogen) atoms. The van der Waals surface area contributed by atoms with Crippen molar-refractivity contribution in [3.8, 4) is 0 Å². The van der Waals surface area contributed by atoms with Crippen molar-refractivity contribution in [2.24, 2.45) is 0 Å². The Hall–Kier alpha value is -2.05. The van der Waals surface area contributed by atoms with E-state index in [0.29, 0.717) is 11.4 Å². The van der Waals surface area contributed by atoms with Crippen LogP contribution in [0, 0.1) is 0 Å². The maximum atomic E-state index is 12.7. The van der Waals surface area contributed by atoms with Crippen molar-refractivity contribution in [1.29, 1.82) is 0 Å². The molecule has 1 aromatic rings. The van der Waals surface area contributed by atoms with E-state index in [0.717, 1.165) is 12.8 Å². The summed E-state index contributed by atoms with van der Waals surface area (Å²) in [7, 11) is 1.45. The Morgan fingerprint density at radius 2 is 1.95 bits per heavy atom. The molecule has 3 rings (SSSR count). The van der Waals surface area contributed by atoms with Gasteiger partial charge in [0, 0.05) is 18.8 Å². The molecule has 0 aromatic heterocycles. The second-order valence-electron chi connectivity index (χ2n) is 5.37. The molecule has 112 valence electrons. The lowest BCUT2D eigenvalue weighted by Crippen LogP contribution is -2.36. The van der Waals surface area contributed by atoms with E-state index in [-0.39, 0.29) is 11.6 Å². The minimum Gasteiger partial charge on any atom is -0.359 e. The van der Waals surface area contributed by atoms with E-state index >= 15 is 0 Å². The first kappa shape index (κ1) is 13.9. The average molecular weight is 298 g/mol. The van der Waals surface area contributed by atoms with Crippen LogP contribution >= 0.6 is 0 Å². The minimum atomic E-state index is -4.29. The van der Waals surface area contributed by atoms with Crippen molar-refractivity contribution < 1.29 is 22.8 Å². The van der Waals surface area contributed by atoms with Gasteiger partial charge in [0.05, 0.1) is 11.3 Å². The Bertz CT molecular complexity index is 623. The fraction of sp³-hybridized carbons (Fsp3) is 0.429. The van der Waals surface area contributed by atoms with Gasteiger partial charge < -0.3 is 9.80 Å². The Morgan fingerprint density at radius 3 is 2.52 bits per heavy atom. The van der Waals surface area contributed by atoms with Crippen molar-refractivity contribution in [1.82, 2.24) is 0 Å². The maximum Gasteiger partial charge on any atom is 0.405 e. The molecule has 0 unspecified atom stereocenters. The smallest absolute Gasteiger partial charge is 0.359 e. The molecule has 1 saturated carbocycles. The second-order valence-corrected chi connectivity index (χ2v) is 5.37. The number of alkyl halides is 3. The zero-order valence-electron chi connectivity index (χ0n) is 11.3. The monoisotopic (exact) mass is 298 g/mol. The number of amides is 1. The number of halogens is 3. The van der Waals surface area contributed by atoms with Gasteiger partial charge in [-0.3, -0.25) is 9.59 Å². The van der Waals surface area contributed by atoms with Gasteiger partial charge in [-0.15, -0.1) is 0 Å². The van der Waals surface area contributed by atoms with Gasteiger partial charge in [-0.25, -0.2) is 0 Å². The molecular formula is C14H13F3N2O2. The van der Waals surface area contributed by atoms with Crippen LogP contribution in [0.4, 0.5) is 24.5 Å². The number of benzene rings is 1. The van der Waals surface area contributed by atoms with Crippen molar-refractivity contribution in [3.05, 3.63) is 23.8 Å². The minimum absolute atomic E-state index is 0.122. The number of hydrogen-bond donors (Lipinski definition) is 0. The van der Waals surface area contributed by atoms with Crippen LogP contribution < -0.4 is 9.80 Å². The van der Waals surface area contributed by atoms with Gasteiger partial charge in [-0.2, -0.15) is 13.2 Å². The molecule has 0 saturated heterocycles. The summed E-state index contributed by atoms with van der Waals surface area (Å²) in [5.41, 5.74) is 1.01. The third kappa shape index (κ3) is 2.48. The van der Waals surface area contributed by atoms with E-state index in [1.807, 2.05) is 0 Å². The molecule has 1 heterocycles. The second kappa shape index (κ2) is 4.47. The number of Topliss-reactive ketones (excluding diaryl/α,β-unsaturated/α-hetero) is 1. The molecule has 0 bridgehead atoms. The lowest BCUT2D eigenvalue weighted by atomic mass is 10.1. The summed E-state index contributed by atoms with van der Waals surface area (Å²) in [5, 5.41) is 0. The van der Waals surface area contributed by atoms with Crippen LogP contribution in [0.15, 0.2) is 18.2 Å². The Morgan fingerprint density at radius 1 is 1.29 bits per heavy atom. The molecule has 0 atom stereocenters. The van der Waals surface area contributed by atoms with Crippen LogP contribution in [0.25, 0.3) is 0 Å². The Labute approximate surface area is 119 Å². The summed E-state index contributed by atoms with van der Waals surface area (Å²) in [6.45, 7) is -1.03. The number of anilines is 2. The highest BCUT2D eigenvalue weighted by molar-refractivity contribution is 6.52. The quantitative estimate of drug-likeness (QED) is 0.804. The largest absolute Gasteiger partial charge is 0.405 e. The molecule has 0 radical (unpaired) electrons. The molecule has 0 N–H and O–H groups in total. The van der Waals surface area contributed by atoms with E-state index in [4.69, 9.17) is 0 Å². The third-order valence-corrected chi connectivity index (χ3v) is 3.76. The van der Waals surface area contributed by atoms with Crippen LogP contribution in [-0.4, -0.2) is 37.5 Å². The first-order chi connectivity index (χ1) is 9.78. The highest BCUT2D eigenvalue weighted by Gasteiger charge is 2.39. The number of carbonyl (C=O) groups excluding carboxylic acids is 2. The van der Waals surface area contributed by atoms with E-state index in [1.165, 1.54) is 35.0 Å². The van der Waals surface area contributed by atoms with Crippen LogP contribution in [0.2, 0.25) is 0 Å². The van der Waals surface area contributed by atoms with Crippen molar-refractivity contribution in [2.75, 3.05) is 23.4 Å². The highest BCUT2D eigenvalue weighted by Crippen LogP contribution is 2.38. The molecule has 0 spiro atoms. The topological polar surface area (TPSA) is 40.6 Å². The van der Waals surface area contributed by atoms with Crippen LogP contribution in [0.5, 0.6) is 0 Å². The summed E-state index contributed by atoms with van der Waals surface area (Å²) in [5.74, 6) is -1.27. The van der Waals surface area contributed by atoms with E-state index in [1.54, 1.807) is 0 Å². The fourth-order valence-electron chi connectivity index (χ4n) is 2.56. The van der Waals surface area contributed by atoms with E-state index in [2.05, 4.69) is 0 Å². The van der Waals surface area contributed by atoms with Crippen molar-refractivity contribution in [3.63, 3.8) is 0 Å². The summed E-state index contributed by atoms with van der Waals surface area (Å²) in [6, 6.07) is 4.28. The molecule has 1 aliphatic heterocycles. The van der Waals surface area contributed by atoms with Crippen LogP contribution in [-0.2, 0) is 4.79 Å². The number of nitrogens with zero attached hydrogens (tertiary/aromatic N) is 2. The predicted octanol–water partition coefficient (Wildman–Crippen LogP) is 2.38. The first-order valence-corrected chi connectivity index (χ1v) is 6.58. The molecule has 1 aromatic carbocycles. The highest BCUT2D eigenvalue weighted by atomic mass is 19.4. The van der Waals surface area contributed by atoms with Gasteiger partial charge in [0.15, 0.2) is 0 Å². The zero-order valence-corrected chi connectivity index (χ0v) is 11.3. The first-order valence-electron chi connectivity index (χ1n) is 6.58. The Kier molecular flexibility index (Phi) is 2.96. The number of carbonyl (C=O) groups is 2. The van der Waals surface area contributed by atoms with Crippen molar-refractivity contribution in [2.45, 2.75) is 25.1 Å². The molecule has 1 aliphatic carbocycles. The van der Waals surface area contributed by atoms with Crippen LogP contribution in [0.1, 0.15) is 23.2 Å². The summed E-state index contributed by atoms with van der Waals surface area (Å²) in [4.78, 5) is 25.8. The molecular weight excluding hydrogens is 285 g/mol. The van der Waals surface area contributed by atoms with E-state index in [9.17, 15) is 22.8 Å². The lowest BCUT2D eigenvalue weighted by Gasteiger charge is -2.26. The molecule has 4 nitrogen and oxygen atoms in total. The number of rotatable bonds is 3. The van der Waals surface area contributed by atoms with Gasteiger partial charge in [0.25, 0.3) is 11.7 Å². The zero-order chi connectivity index (χ0) is 15.4. The number of ketones is 1. The SMILES string of the molecule is CN1C(=O)C(=O)c2ccc(N(CC(F)(F)F)C3CC3)cc21. The summed E-state index contributed by atoms with van der Waals surface area (Å²) < 4.78 is 38.1. The number of hydrogen-bond acceptors (Lipinski definition) is 3. The molecule has 1 fully saturated rings. The molecule has 7 heteroatoms. The van der Waals surface area contributed by atoms with Gasteiger partial charge in [0.2, 0.25) is 0 Å². The standard InChI is InChI=1S/C14H13F3N2O2/c1-18-11-6-9(4-5-10(11)12(20)13(18)21)19(8-2-3-8)7-14(15,16)17/h4-6,8H,2-3,7H2,1H3. The van der Waals surface area contributed by atoms with Gasteiger partial charge in [-0.05, 0) is 31.0 Å². The van der Waals surface area contributed by atoms with Gasteiger partial charge in [0.1, 0.15) is 6.54 Å². The average Bonchev–Trinajstić information content (AvgIpc) is 3.22. The third-order valence-electron chi connectivity index (χ3n) is 3.76. The molecule has 1 amide bonds. The van der Waals surface area contributed by atoms with Crippen molar-refractivity contribution >= 4 is 23.1 Å². The van der Waals surface area contributed by atoms with E-state index < -0.39 is 24.4 Å². The maximum absolute atomic E-state index is 12.7. The predicted molar refractivity (Wildman–Crippen MR) is 70.6 cm³/mol. The summed E-state index contributed by atoms with van der Waals surface area (Å²) in [6.07, 6.45) is -2.85. The fourth-order valence-corrected chi connectivity index (χ4v) is 2.56. The normalized spacial score (nSPS) is 18.2. The number of likely N-dealkylation sites (N-methyl/N-ethyl adjacent to an activating group) is 1. The molecule has 2 aliphatic rings. The van der Waals surface area contributed by atoms with Crippen LogP contribution in [0.3, 0.4) is 0 Å². The summed E-state index contributed by atoms with van der Waals surface area (Å²) >= 11 is 0. The van der Waals surface area contributed by atoms with Gasteiger partial charge in [-0.1, -0.05) is 0 Å². The lowest BCUT2D eigenvalue weighted by molar-refractivity contribution is -0.120.